The zero-order valence-electron chi connectivity index (χ0n) is 16.7. The lowest BCUT2D eigenvalue weighted by atomic mass is 10.0. The predicted octanol–water partition coefficient (Wildman–Crippen LogP) is 2.41. The normalized spacial score (nSPS) is 18.0. The van der Waals surface area contributed by atoms with Gasteiger partial charge in [-0.2, -0.15) is 0 Å². The fourth-order valence-corrected chi connectivity index (χ4v) is 3.81. The summed E-state index contributed by atoms with van der Waals surface area (Å²) in [5.74, 6) is 1.16. The minimum absolute atomic E-state index is 0.0851. The van der Waals surface area contributed by atoms with Crippen molar-refractivity contribution in [2.24, 2.45) is 0 Å². The average Bonchev–Trinajstić information content (AvgIpc) is 3.22. The van der Waals surface area contributed by atoms with E-state index in [0.717, 1.165) is 49.5 Å². The number of hydrogen-bond donors (Lipinski definition) is 1. The van der Waals surface area contributed by atoms with Gasteiger partial charge in [0.15, 0.2) is 5.79 Å². The van der Waals surface area contributed by atoms with Gasteiger partial charge in [-0.05, 0) is 36.2 Å². The highest BCUT2D eigenvalue weighted by Gasteiger charge is 2.40. The summed E-state index contributed by atoms with van der Waals surface area (Å²) in [7, 11) is 1.65. The molecule has 7 heteroatoms. The highest BCUT2D eigenvalue weighted by molar-refractivity contribution is 5.94. The molecular weight excluding hydrogens is 370 g/mol. The molecule has 2 aliphatic heterocycles. The minimum atomic E-state index is -0.410. The first-order valence-corrected chi connectivity index (χ1v) is 10.1. The van der Waals surface area contributed by atoms with E-state index in [1.54, 1.807) is 19.4 Å². The molecule has 1 amide bonds. The Morgan fingerprint density at radius 1 is 1.17 bits per heavy atom. The number of carbonyl (C=O) groups excluding carboxylic acids is 1. The van der Waals surface area contributed by atoms with Crippen LogP contribution in [-0.2, 0) is 15.9 Å². The number of amides is 1. The fourth-order valence-electron chi connectivity index (χ4n) is 3.81. The van der Waals surface area contributed by atoms with E-state index in [-0.39, 0.29) is 5.91 Å². The van der Waals surface area contributed by atoms with Crippen LogP contribution >= 0.6 is 0 Å². The summed E-state index contributed by atoms with van der Waals surface area (Å²) >= 11 is 0. The molecule has 0 unspecified atom stereocenters. The van der Waals surface area contributed by atoms with Gasteiger partial charge in [0, 0.05) is 44.2 Å². The van der Waals surface area contributed by atoms with Crippen molar-refractivity contribution >= 4 is 11.7 Å². The molecule has 1 spiro atoms. The van der Waals surface area contributed by atoms with Crippen LogP contribution in [-0.4, -0.2) is 56.6 Å². The van der Waals surface area contributed by atoms with Gasteiger partial charge in [0.1, 0.15) is 11.6 Å². The van der Waals surface area contributed by atoms with Gasteiger partial charge >= 0.3 is 0 Å². The molecule has 0 bridgehead atoms. The number of pyridine rings is 1. The minimum Gasteiger partial charge on any atom is -0.497 e. The second kappa shape index (κ2) is 8.80. The van der Waals surface area contributed by atoms with E-state index in [1.165, 1.54) is 0 Å². The summed E-state index contributed by atoms with van der Waals surface area (Å²) < 4.78 is 16.7. The van der Waals surface area contributed by atoms with E-state index in [1.807, 2.05) is 30.3 Å². The zero-order valence-corrected chi connectivity index (χ0v) is 16.7. The largest absolute Gasteiger partial charge is 0.497 e. The summed E-state index contributed by atoms with van der Waals surface area (Å²) in [5, 5.41) is 2.99. The topological polar surface area (TPSA) is 72.9 Å². The predicted molar refractivity (Wildman–Crippen MR) is 109 cm³/mol. The average molecular weight is 397 g/mol. The Labute approximate surface area is 171 Å². The summed E-state index contributed by atoms with van der Waals surface area (Å²) in [5.41, 5.74) is 1.78. The Kier molecular flexibility index (Phi) is 5.97. The molecule has 29 heavy (non-hydrogen) atoms. The number of carbonyl (C=O) groups is 1. The number of nitrogens with zero attached hydrogens (tertiary/aromatic N) is 2. The van der Waals surface area contributed by atoms with Gasteiger partial charge in [-0.25, -0.2) is 4.98 Å². The summed E-state index contributed by atoms with van der Waals surface area (Å²) in [6, 6.07) is 11.5. The van der Waals surface area contributed by atoms with E-state index in [9.17, 15) is 4.79 Å². The number of ether oxygens (including phenoxy) is 3. The van der Waals surface area contributed by atoms with Gasteiger partial charge in [-0.15, -0.1) is 0 Å². The van der Waals surface area contributed by atoms with Crippen LogP contribution in [0.1, 0.15) is 28.8 Å². The van der Waals surface area contributed by atoms with Crippen molar-refractivity contribution in [3.8, 4) is 5.75 Å². The summed E-state index contributed by atoms with van der Waals surface area (Å²) in [6.45, 7) is 3.52. The molecule has 0 saturated carbocycles. The Balaban J connectivity index is 1.30. The van der Waals surface area contributed by atoms with Crippen LogP contribution in [0.4, 0.5) is 5.82 Å². The molecule has 0 atom stereocenters. The van der Waals surface area contributed by atoms with Crippen LogP contribution < -0.4 is 15.0 Å². The van der Waals surface area contributed by atoms with Crippen LogP contribution in [0, 0.1) is 0 Å². The number of nitrogens with one attached hydrogen (secondary N) is 1. The third-order valence-corrected chi connectivity index (χ3v) is 5.53. The summed E-state index contributed by atoms with van der Waals surface area (Å²) in [6.07, 6.45) is 4.09. The number of benzene rings is 1. The van der Waals surface area contributed by atoms with Crippen LogP contribution in [0.3, 0.4) is 0 Å². The highest BCUT2D eigenvalue weighted by Crippen LogP contribution is 2.32. The maximum absolute atomic E-state index is 12.6. The smallest absolute Gasteiger partial charge is 0.251 e. The van der Waals surface area contributed by atoms with Crippen molar-refractivity contribution in [3.63, 3.8) is 0 Å². The molecule has 1 aromatic heterocycles. The third kappa shape index (κ3) is 4.68. The van der Waals surface area contributed by atoms with E-state index >= 15 is 0 Å². The van der Waals surface area contributed by atoms with Crippen molar-refractivity contribution < 1.29 is 19.0 Å². The first-order valence-electron chi connectivity index (χ1n) is 10.1. The van der Waals surface area contributed by atoms with Gasteiger partial charge in [0.25, 0.3) is 5.91 Å². The highest BCUT2D eigenvalue weighted by atomic mass is 16.7. The van der Waals surface area contributed by atoms with Crippen LogP contribution in [0.2, 0.25) is 0 Å². The van der Waals surface area contributed by atoms with Crippen molar-refractivity contribution in [2.45, 2.75) is 25.0 Å². The molecule has 2 aromatic rings. The molecule has 3 heterocycles. The second-order valence-corrected chi connectivity index (χ2v) is 7.35. The quantitative estimate of drug-likeness (QED) is 0.807. The number of hydrogen-bond acceptors (Lipinski definition) is 6. The lowest BCUT2D eigenvalue weighted by Gasteiger charge is -2.38. The van der Waals surface area contributed by atoms with Crippen molar-refractivity contribution in [2.75, 3.05) is 44.9 Å². The number of aromatic nitrogens is 1. The monoisotopic (exact) mass is 397 g/mol. The standard InChI is InChI=1S/C22H27N3O4/c1-27-19-4-2-17(3-5-19)6-10-24-21(26)18-7-11-23-20(16-18)25-12-8-22(9-13-25)28-14-15-29-22/h2-5,7,11,16H,6,8-10,12-15H2,1H3,(H,24,26). The van der Waals surface area contributed by atoms with Gasteiger partial charge in [0.2, 0.25) is 0 Å². The molecule has 0 aliphatic carbocycles. The molecule has 1 N–H and O–H groups in total. The molecule has 7 nitrogen and oxygen atoms in total. The molecule has 1 aromatic carbocycles. The van der Waals surface area contributed by atoms with E-state index in [4.69, 9.17) is 14.2 Å². The maximum atomic E-state index is 12.6. The van der Waals surface area contributed by atoms with Gasteiger partial charge in [0.05, 0.1) is 20.3 Å². The third-order valence-electron chi connectivity index (χ3n) is 5.53. The van der Waals surface area contributed by atoms with Crippen LogP contribution in [0.5, 0.6) is 5.75 Å². The van der Waals surface area contributed by atoms with Gasteiger partial charge in [-0.1, -0.05) is 12.1 Å². The van der Waals surface area contributed by atoms with Crippen molar-refractivity contribution in [3.05, 3.63) is 53.7 Å². The van der Waals surface area contributed by atoms with Crippen LogP contribution in [0.25, 0.3) is 0 Å². The molecule has 2 aliphatic rings. The Morgan fingerprint density at radius 3 is 2.59 bits per heavy atom. The SMILES string of the molecule is COc1ccc(CCNC(=O)c2ccnc(N3CCC4(CC3)OCCO4)c2)cc1. The van der Waals surface area contributed by atoms with Crippen LogP contribution in [0.15, 0.2) is 42.6 Å². The summed E-state index contributed by atoms with van der Waals surface area (Å²) in [4.78, 5) is 19.2. The molecule has 4 rings (SSSR count). The molecule has 154 valence electrons. The molecule has 0 radical (unpaired) electrons. The zero-order chi connectivity index (χ0) is 20.1. The van der Waals surface area contributed by atoms with E-state index in [2.05, 4.69) is 15.2 Å². The number of rotatable bonds is 6. The lowest BCUT2D eigenvalue weighted by Crippen LogP contribution is -2.45. The lowest BCUT2D eigenvalue weighted by molar-refractivity contribution is -0.169. The Bertz CT molecular complexity index is 824. The number of methoxy groups -OCH3 is 1. The second-order valence-electron chi connectivity index (χ2n) is 7.35. The van der Waals surface area contributed by atoms with Crippen molar-refractivity contribution in [1.29, 1.82) is 0 Å². The maximum Gasteiger partial charge on any atom is 0.251 e. The van der Waals surface area contributed by atoms with Gasteiger partial charge < -0.3 is 24.4 Å². The van der Waals surface area contributed by atoms with E-state index < -0.39 is 5.79 Å². The first-order chi connectivity index (χ1) is 14.2. The van der Waals surface area contributed by atoms with Gasteiger partial charge in [-0.3, -0.25) is 4.79 Å². The number of piperidine rings is 1. The Morgan fingerprint density at radius 2 is 1.90 bits per heavy atom. The fraction of sp³-hybridized carbons (Fsp3) is 0.455. The van der Waals surface area contributed by atoms with E-state index in [0.29, 0.717) is 25.3 Å². The Hall–Kier alpha value is -2.64. The molecule has 2 fully saturated rings. The van der Waals surface area contributed by atoms with Crippen molar-refractivity contribution in [1.82, 2.24) is 10.3 Å². The molecular formula is C22H27N3O4. The first kappa shape index (κ1) is 19.7. The number of anilines is 1. The molecule has 2 saturated heterocycles.